The number of nitrogens with zero attached hydrogens (tertiary/aromatic N) is 3. The molecule has 16 heavy (non-hydrogen) atoms. The number of rotatable bonds is 6. The summed E-state index contributed by atoms with van der Waals surface area (Å²) in [5.74, 6) is 0. The zero-order chi connectivity index (χ0) is 11.4. The standard InChI is InChI=1S/C12H22N4/c1-3-7-13-10-12(5-4-6-12)8-11-9-16(2)15-14-11/h9,13H,3-8,10H2,1-2H3. The van der Waals surface area contributed by atoms with E-state index in [1.807, 2.05) is 13.2 Å². The van der Waals surface area contributed by atoms with Gasteiger partial charge in [-0.3, -0.25) is 4.68 Å². The molecular formula is C12H22N4. The first-order valence-corrected chi connectivity index (χ1v) is 6.30. The average Bonchev–Trinajstić information content (AvgIpc) is 2.60. The molecule has 1 aliphatic carbocycles. The average molecular weight is 222 g/mol. The second-order valence-electron chi connectivity index (χ2n) is 5.09. The fourth-order valence-corrected chi connectivity index (χ4v) is 2.48. The molecule has 1 N–H and O–H groups in total. The molecule has 0 saturated heterocycles. The zero-order valence-electron chi connectivity index (χ0n) is 10.4. The van der Waals surface area contributed by atoms with Crippen LogP contribution in [-0.4, -0.2) is 28.1 Å². The van der Waals surface area contributed by atoms with E-state index in [4.69, 9.17) is 0 Å². The second-order valence-corrected chi connectivity index (χ2v) is 5.09. The van der Waals surface area contributed by atoms with Gasteiger partial charge in [0.25, 0.3) is 0 Å². The van der Waals surface area contributed by atoms with Crippen LogP contribution in [0.4, 0.5) is 0 Å². The van der Waals surface area contributed by atoms with Gasteiger partial charge in [0, 0.05) is 19.8 Å². The van der Waals surface area contributed by atoms with Gasteiger partial charge in [-0.1, -0.05) is 18.6 Å². The zero-order valence-corrected chi connectivity index (χ0v) is 10.4. The Morgan fingerprint density at radius 2 is 2.31 bits per heavy atom. The van der Waals surface area contributed by atoms with Crippen molar-refractivity contribution >= 4 is 0 Å². The largest absolute Gasteiger partial charge is 0.316 e. The van der Waals surface area contributed by atoms with E-state index in [1.54, 1.807) is 4.68 Å². The lowest BCUT2D eigenvalue weighted by molar-refractivity contribution is 0.129. The SMILES string of the molecule is CCCNCC1(Cc2cn(C)nn2)CCC1. The van der Waals surface area contributed by atoms with Gasteiger partial charge in [0.05, 0.1) is 5.69 Å². The molecule has 0 aromatic carbocycles. The van der Waals surface area contributed by atoms with Crippen LogP contribution in [0.2, 0.25) is 0 Å². The molecule has 1 aliphatic rings. The molecule has 1 fully saturated rings. The van der Waals surface area contributed by atoms with Gasteiger partial charge in [-0.15, -0.1) is 5.10 Å². The van der Waals surface area contributed by atoms with Crippen molar-refractivity contribution in [2.75, 3.05) is 13.1 Å². The van der Waals surface area contributed by atoms with E-state index in [9.17, 15) is 0 Å². The Morgan fingerprint density at radius 3 is 2.81 bits per heavy atom. The lowest BCUT2D eigenvalue weighted by atomic mass is 9.66. The monoisotopic (exact) mass is 222 g/mol. The van der Waals surface area contributed by atoms with Crippen molar-refractivity contribution in [2.45, 2.75) is 39.0 Å². The van der Waals surface area contributed by atoms with Crippen molar-refractivity contribution < 1.29 is 0 Å². The van der Waals surface area contributed by atoms with Crippen LogP contribution in [-0.2, 0) is 13.5 Å². The molecule has 0 unspecified atom stereocenters. The van der Waals surface area contributed by atoms with Crippen LogP contribution in [0, 0.1) is 5.41 Å². The van der Waals surface area contributed by atoms with Crippen molar-refractivity contribution in [3.63, 3.8) is 0 Å². The summed E-state index contributed by atoms with van der Waals surface area (Å²) < 4.78 is 1.79. The first kappa shape index (κ1) is 11.6. The number of aromatic nitrogens is 3. The van der Waals surface area contributed by atoms with Crippen LogP contribution >= 0.6 is 0 Å². The van der Waals surface area contributed by atoms with Gasteiger partial charge >= 0.3 is 0 Å². The second kappa shape index (κ2) is 4.95. The highest BCUT2D eigenvalue weighted by Crippen LogP contribution is 2.42. The van der Waals surface area contributed by atoms with Gasteiger partial charge in [0.15, 0.2) is 0 Å². The number of hydrogen-bond acceptors (Lipinski definition) is 3. The molecule has 0 aliphatic heterocycles. The first-order chi connectivity index (χ1) is 7.74. The third kappa shape index (κ3) is 2.61. The Hall–Kier alpha value is -0.900. The predicted octanol–water partition coefficient (Wildman–Crippen LogP) is 1.53. The lowest BCUT2D eigenvalue weighted by Gasteiger charge is -2.41. The molecule has 0 bridgehead atoms. The highest BCUT2D eigenvalue weighted by Gasteiger charge is 2.37. The Morgan fingerprint density at radius 1 is 1.50 bits per heavy atom. The smallest absolute Gasteiger partial charge is 0.0833 e. The van der Waals surface area contributed by atoms with Gasteiger partial charge in [-0.2, -0.15) is 0 Å². The topological polar surface area (TPSA) is 42.7 Å². The van der Waals surface area contributed by atoms with Crippen LogP contribution in [0.25, 0.3) is 0 Å². The van der Waals surface area contributed by atoms with Crippen LogP contribution in [0.1, 0.15) is 38.3 Å². The Kier molecular flexibility index (Phi) is 3.59. The molecule has 0 amide bonds. The fraction of sp³-hybridized carbons (Fsp3) is 0.833. The molecule has 4 heteroatoms. The van der Waals surface area contributed by atoms with Crippen molar-refractivity contribution in [1.29, 1.82) is 0 Å². The van der Waals surface area contributed by atoms with Gasteiger partial charge in [0.1, 0.15) is 0 Å². The van der Waals surface area contributed by atoms with Crippen LogP contribution < -0.4 is 5.32 Å². The molecule has 1 heterocycles. The maximum Gasteiger partial charge on any atom is 0.0833 e. The summed E-state index contributed by atoms with van der Waals surface area (Å²) in [7, 11) is 1.93. The van der Waals surface area contributed by atoms with E-state index in [2.05, 4.69) is 22.6 Å². The highest BCUT2D eigenvalue weighted by molar-refractivity contribution is 5.02. The summed E-state index contributed by atoms with van der Waals surface area (Å²) in [4.78, 5) is 0. The van der Waals surface area contributed by atoms with E-state index >= 15 is 0 Å². The third-order valence-corrected chi connectivity index (χ3v) is 3.55. The van der Waals surface area contributed by atoms with Crippen molar-refractivity contribution in [3.05, 3.63) is 11.9 Å². The summed E-state index contributed by atoms with van der Waals surface area (Å²) in [6, 6.07) is 0. The Bertz CT molecular complexity index is 328. The van der Waals surface area contributed by atoms with Crippen molar-refractivity contribution in [3.8, 4) is 0 Å². The van der Waals surface area contributed by atoms with E-state index in [-0.39, 0.29) is 0 Å². The van der Waals surface area contributed by atoms with E-state index in [0.29, 0.717) is 5.41 Å². The summed E-state index contributed by atoms with van der Waals surface area (Å²) in [5, 5.41) is 11.7. The molecule has 0 radical (unpaired) electrons. The third-order valence-electron chi connectivity index (χ3n) is 3.55. The summed E-state index contributed by atoms with van der Waals surface area (Å²) >= 11 is 0. The van der Waals surface area contributed by atoms with Gasteiger partial charge in [0.2, 0.25) is 0 Å². The maximum atomic E-state index is 4.20. The van der Waals surface area contributed by atoms with Gasteiger partial charge < -0.3 is 5.32 Å². The summed E-state index contributed by atoms with van der Waals surface area (Å²) in [6.45, 7) is 4.47. The number of aryl methyl sites for hydroxylation is 1. The normalized spacial score (nSPS) is 18.4. The van der Waals surface area contributed by atoms with Crippen LogP contribution in [0.3, 0.4) is 0 Å². The first-order valence-electron chi connectivity index (χ1n) is 6.30. The summed E-state index contributed by atoms with van der Waals surface area (Å²) in [6.07, 6.45) is 8.37. The van der Waals surface area contributed by atoms with E-state index in [1.165, 1.54) is 25.7 Å². The quantitative estimate of drug-likeness (QED) is 0.742. The van der Waals surface area contributed by atoms with Crippen LogP contribution in [0.15, 0.2) is 6.20 Å². The maximum absolute atomic E-state index is 4.20. The molecule has 4 nitrogen and oxygen atoms in total. The molecule has 1 aromatic rings. The fourth-order valence-electron chi connectivity index (χ4n) is 2.48. The Labute approximate surface area is 97.4 Å². The van der Waals surface area contributed by atoms with Crippen molar-refractivity contribution in [1.82, 2.24) is 20.3 Å². The van der Waals surface area contributed by atoms with E-state index in [0.717, 1.165) is 25.2 Å². The minimum atomic E-state index is 0.463. The van der Waals surface area contributed by atoms with Crippen LogP contribution in [0.5, 0.6) is 0 Å². The number of hydrogen-bond donors (Lipinski definition) is 1. The van der Waals surface area contributed by atoms with Crippen molar-refractivity contribution in [2.24, 2.45) is 12.5 Å². The molecule has 90 valence electrons. The van der Waals surface area contributed by atoms with Gasteiger partial charge in [-0.05, 0) is 37.6 Å². The molecule has 0 atom stereocenters. The molecule has 0 spiro atoms. The highest BCUT2D eigenvalue weighted by atomic mass is 15.4. The lowest BCUT2D eigenvalue weighted by Crippen LogP contribution is -2.42. The summed E-state index contributed by atoms with van der Waals surface area (Å²) in [5.41, 5.74) is 1.60. The Balaban J connectivity index is 1.89. The molecule has 2 rings (SSSR count). The molecule has 1 saturated carbocycles. The minimum Gasteiger partial charge on any atom is -0.316 e. The molecular weight excluding hydrogens is 200 g/mol. The number of nitrogens with one attached hydrogen (secondary N) is 1. The minimum absolute atomic E-state index is 0.463. The van der Waals surface area contributed by atoms with Gasteiger partial charge in [-0.25, -0.2) is 0 Å². The predicted molar refractivity (Wildman–Crippen MR) is 64.2 cm³/mol. The van der Waals surface area contributed by atoms with E-state index < -0.39 is 0 Å². The molecule has 1 aromatic heterocycles.